The highest BCUT2D eigenvalue weighted by molar-refractivity contribution is 9.10. The number of rotatable bonds is 2. The maximum atomic E-state index is 6.55. The Hall–Kier alpha value is -3.16. The minimum Gasteiger partial charge on any atom is -0.480 e. The molecule has 2 aromatic heterocycles. The van der Waals surface area contributed by atoms with Crippen molar-refractivity contribution in [2.75, 3.05) is 5.32 Å². The summed E-state index contributed by atoms with van der Waals surface area (Å²) in [6, 6.07) is 17.7. The Bertz CT molecular complexity index is 1320. The van der Waals surface area contributed by atoms with Gasteiger partial charge in [-0.05, 0) is 53.6 Å². The van der Waals surface area contributed by atoms with Crippen LogP contribution in [0.25, 0.3) is 5.70 Å². The minimum absolute atomic E-state index is 0.202. The van der Waals surface area contributed by atoms with Crippen LogP contribution in [-0.2, 0) is 0 Å². The zero-order valence-electron chi connectivity index (χ0n) is 16.0. The van der Waals surface area contributed by atoms with Crippen LogP contribution in [0, 0.1) is 0 Å². The zero-order chi connectivity index (χ0) is 20.9. The number of aromatic nitrogens is 4. The zero-order valence-corrected chi connectivity index (χ0v) is 18.4. The van der Waals surface area contributed by atoms with Gasteiger partial charge in [0.15, 0.2) is 0 Å². The molecule has 0 amide bonds. The van der Waals surface area contributed by atoms with E-state index in [0.29, 0.717) is 11.0 Å². The molecule has 6 rings (SSSR count). The molecule has 0 spiro atoms. The molecule has 31 heavy (non-hydrogen) atoms. The van der Waals surface area contributed by atoms with Gasteiger partial charge in [-0.3, -0.25) is 4.98 Å². The quantitative estimate of drug-likeness (QED) is 0.392. The number of anilines is 1. The third-order valence-electron chi connectivity index (χ3n) is 5.57. The molecule has 0 saturated carbocycles. The first-order valence-electron chi connectivity index (χ1n) is 9.71. The number of ether oxygens (including phenoxy) is 1. The highest BCUT2D eigenvalue weighted by atomic mass is 79.9. The first-order valence-corrected chi connectivity index (χ1v) is 10.9. The third-order valence-corrected chi connectivity index (χ3v) is 6.33. The Labute approximate surface area is 191 Å². The van der Waals surface area contributed by atoms with Gasteiger partial charge in [0.05, 0.1) is 5.70 Å². The lowest BCUT2D eigenvalue weighted by atomic mass is 9.85. The maximum Gasteiger partial charge on any atom is 0.226 e. The smallest absolute Gasteiger partial charge is 0.226 e. The largest absolute Gasteiger partial charge is 0.480 e. The molecule has 8 heteroatoms. The molecule has 1 N–H and O–H groups in total. The van der Waals surface area contributed by atoms with Crippen LogP contribution in [0.2, 0.25) is 5.02 Å². The molecule has 0 unspecified atom stereocenters. The number of pyridine rings is 1. The number of nitrogens with zero attached hydrogens (tertiary/aromatic N) is 4. The van der Waals surface area contributed by atoms with Gasteiger partial charge in [0.2, 0.25) is 5.95 Å². The van der Waals surface area contributed by atoms with Gasteiger partial charge in [-0.2, -0.15) is 10.1 Å². The van der Waals surface area contributed by atoms with Crippen LogP contribution >= 0.6 is 27.5 Å². The molecule has 2 atom stereocenters. The number of benzene rings is 2. The van der Waals surface area contributed by atoms with Crippen LogP contribution in [0.1, 0.15) is 28.8 Å². The summed E-state index contributed by atoms with van der Waals surface area (Å²) in [4.78, 5) is 8.63. The normalized spacial score (nSPS) is 19.0. The summed E-state index contributed by atoms with van der Waals surface area (Å²) in [5, 5.41) is 8.66. The van der Waals surface area contributed by atoms with Crippen molar-refractivity contribution in [2.45, 2.75) is 12.1 Å². The van der Waals surface area contributed by atoms with Crippen LogP contribution in [0.4, 0.5) is 5.95 Å². The Morgan fingerprint density at radius 3 is 2.61 bits per heavy atom. The van der Waals surface area contributed by atoms with E-state index in [4.69, 9.17) is 16.3 Å². The molecule has 0 aliphatic carbocycles. The van der Waals surface area contributed by atoms with E-state index in [1.54, 1.807) is 18.7 Å². The molecule has 6 nitrogen and oxygen atoms in total. The van der Waals surface area contributed by atoms with Gasteiger partial charge in [-0.15, -0.1) is 0 Å². The second kappa shape index (κ2) is 7.21. The van der Waals surface area contributed by atoms with Gasteiger partial charge in [0.1, 0.15) is 24.2 Å². The number of fused-ring (bicyclic) bond motifs is 3. The molecule has 152 valence electrons. The lowest BCUT2D eigenvalue weighted by Gasteiger charge is -2.39. The maximum absolute atomic E-state index is 6.55. The number of nitrogens with one attached hydrogen (secondary N) is 1. The second-order valence-electron chi connectivity index (χ2n) is 7.36. The number of halogens is 2. The minimum atomic E-state index is -0.329. The molecular weight excluding hydrogens is 478 g/mol. The molecule has 4 heterocycles. The first kappa shape index (κ1) is 18.6. The number of hydrogen-bond donors (Lipinski definition) is 1. The van der Waals surface area contributed by atoms with Crippen molar-refractivity contribution >= 4 is 39.2 Å². The molecule has 0 bridgehead atoms. The van der Waals surface area contributed by atoms with Crippen molar-refractivity contribution in [3.05, 3.63) is 105 Å². The fourth-order valence-corrected chi connectivity index (χ4v) is 4.66. The van der Waals surface area contributed by atoms with E-state index in [0.717, 1.165) is 38.2 Å². The van der Waals surface area contributed by atoms with Gasteiger partial charge in [0, 0.05) is 33.0 Å². The summed E-state index contributed by atoms with van der Waals surface area (Å²) >= 11 is 9.89. The van der Waals surface area contributed by atoms with Crippen molar-refractivity contribution < 1.29 is 4.74 Å². The summed E-state index contributed by atoms with van der Waals surface area (Å²) in [6.45, 7) is 0. The SMILES string of the molecule is Clc1ccc2c(c1)C1=C([C@H](c3ccncc3)O2)[C@@H](c2ccc(Br)cc2)n2ncnc2N1. The highest BCUT2D eigenvalue weighted by Gasteiger charge is 2.40. The fourth-order valence-electron chi connectivity index (χ4n) is 4.22. The van der Waals surface area contributed by atoms with E-state index in [1.165, 1.54) is 0 Å². The summed E-state index contributed by atoms with van der Waals surface area (Å²) in [7, 11) is 0. The molecule has 0 saturated heterocycles. The van der Waals surface area contributed by atoms with Crippen LogP contribution in [0.5, 0.6) is 5.75 Å². The van der Waals surface area contributed by atoms with Gasteiger partial charge in [0.25, 0.3) is 0 Å². The molecular formula is C23H15BrClN5O. The Morgan fingerprint density at radius 2 is 1.81 bits per heavy atom. The molecule has 2 aliphatic heterocycles. The molecule has 0 fully saturated rings. The lowest BCUT2D eigenvalue weighted by molar-refractivity contribution is 0.223. The van der Waals surface area contributed by atoms with E-state index in [1.807, 2.05) is 47.1 Å². The van der Waals surface area contributed by atoms with Gasteiger partial charge < -0.3 is 10.1 Å². The summed E-state index contributed by atoms with van der Waals surface area (Å²) in [5.41, 5.74) is 4.98. The molecule has 2 aromatic carbocycles. The van der Waals surface area contributed by atoms with Gasteiger partial charge in [-0.25, -0.2) is 4.68 Å². The lowest BCUT2D eigenvalue weighted by Crippen LogP contribution is -2.32. The average molecular weight is 493 g/mol. The van der Waals surface area contributed by atoms with Crippen LogP contribution < -0.4 is 10.1 Å². The monoisotopic (exact) mass is 491 g/mol. The summed E-state index contributed by atoms with van der Waals surface area (Å²) < 4.78 is 9.47. The molecule has 2 aliphatic rings. The second-order valence-corrected chi connectivity index (χ2v) is 8.71. The number of hydrogen-bond acceptors (Lipinski definition) is 5. The van der Waals surface area contributed by atoms with Crippen LogP contribution in [-0.4, -0.2) is 19.7 Å². The van der Waals surface area contributed by atoms with E-state index in [9.17, 15) is 0 Å². The topological polar surface area (TPSA) is 64.9 Å². The van der Waals surface area contributed by atoms with E-state index in [-0.39, 0.29) is 12.1 Å². The van der Waals surface area contributed by atoms with Gasteiger partial charge >= 0.3 is 0 Å². The van der Waals surface area contributed by atoms with Gasteiger partial charge in [-0.1, -0.05) is 39.7 Å². The van der Waals surface area contributed by atoms with E-state index >= 15 is 0 Å². The van der Waals surface area contributed by atoms with Crippen LogP contribution in [0.15, 0.2) is 83.4 Å². The summed E-state index contributed by atoms with van der Waals surface area (Å²) in [5.74, 6) is 1.44. The average Bonchev–Trinajstić information content (AvgIpc) is 3.27. The fraction of sp³-hybridized carbons (Fsp3) is 0.0870. The third kappa shape index (κ3) is 3.04. The van der Waals surface area contributed by atoms with Crippen molar-refractivity contribution in [3.8, 4) is 5.75 Å². The van der Waals surface area contributed by atoms with Crippen LogP contribution in [0.3, 0.4) is 0 Å². The van der Waals surface area contributed by atoms with Crippen molar-refractivity contribution in [1.29, 1.82) is 0 Å². The van der Waals surface area contributed by atoms with Crippen molar-refractivity contribution in [2.24, 2.45) is 0 Å². The Kier molecular flexibility index (Phi) is 4.33. The summed E-state index contributed by atoms with van der Waals surface area (Å²) in [6.07, 6.45) is 4.79. The molecule has 0 radical (unpaired) electrons. The van der Waals surface area contributed by atoms with E-state index in [2.05, 4.69) is 48.4 Å². The predicted molar refractivity (Wildman–Crippen MR) is 122 cm³/mol. The standard InChI is InChI=1S/C23H15BrClN5O/c24-15-3-1-13(2-4-15)21-19-20(29-23-27-12-28-30(21)23)17-11-16(25)5-6-18(17)31-22(19)14-7-9-26-10-8-14/h1-12,21-22H,(H,27,28,29)/t21-,22+/m1/s1. The Balaban J connectivity index is 1.64. The highest BCUT2D eigenvalue weighted by Crippen LogP contribution is 2.50. The predicted octanol–water partition coefficient (Wildman–Crippen LogP) is 5.65. The Morgan fingerprint density at radius 1 is 1.00 bits per heavy atom. The molecule has 4 aromatic rings. The van der Waals surface area contributed by atoms with E-state index < -0.39 is 0 Å². The van der Waals surface area contributed by atoms with Crippen molar-refractivity contribution in [1.82, 2.24) is 19.7 Å². The van der Waals surface area contributed by atoms with Crippen molar-refractivity contribution in [3.63, 3.8) is 0 Å². The first-order chi connectivity index (χ1) is 15.2.